The number of nitrogens with zero attached hydrogens (tertiary/aromatic N) is 1. The number of hydrogen-bond donors (Lipinski definition) is 1. The maximum absolute atomic E-state index is 12.2. The van der Waals surface area contributed by atoms with Crippen LogP contribution >= 0.6 is 11.6 Å². The minimum Gasteiger partial charge on any atom is -0.492 e. The van der Waals surface area contributed by atoms with Crippen LogP contribution in [0.1, 0.15) is 37.3 Å². The van der Waals surface area contributed by atoms with Gasteiger partial charge < -0.3 is 10.1 Å². The van der Waals surface area contributed by atoms with Crippen LogP contribution < -0.4 is 14.4 Å². The smallest absolute Gasteiger partial charge is 0.232 e. The lowest BCUT2D eigenvalue weighted by Crippen LogP contribution is -2.33. The molecule has 0 aromatic heterocycles. The van der Waals surface area contributed by atoms with Gasteiger partial charge in [0.2, 0.25) is 15.9 Å². The first kappa shape index (κ1) is 25.0. The zero-order valence-electron chi connectivity index (χ0n) is 18.4. The SMILES string of the molecule is CCCc1ccc(OCCNC(=O)CCCN(c2cccc(Cl)c2C)S(C)(=O)=O)cc1. The third-order valence-corrected chi connectivity index (χ3v) is 6.42. The van der Waals surface area contributed by atoms with Crippen LogP contribution in [0.4, 0.5) is 5.69 Å². The Morgan fingerprint density at radius 1 is 1.16 bits per heavy atom. The number of sulfonamides is 1. The van der Waals surface area contributed by atoms with E-state index in [-0.39, 0.29) is 18.9 Å². The predicted molar refractivity (Wildman–Crippen MR) is 127 cm³/mol. The summed E-state index contributed by atoms with van der Waals surface area (Å²) in [6.45, 7) is 4.88. The Labute approximate surface area is 190 Å². The van der Waals surface area contributed by atoms with Crippen molar-refractivity contribution in [1.82, 2.24) is 5.32 Å². The van der Waals surface area contributed by atoms with E-state index in [4.69, 9.17) is 16.3 Å². The average molecular weight is 467 g/mol. The normalized spacial score (nSPS) is 11.2. The van der Waals surface area contributed by atoms with Gasteiger partial charge in [-0.15, -0.1) is 0 Å². The van der Waals surface area contributed by atoms with Gasteiger partial charge in [-0.1, -0.05) is 43.1 Å². The monoisotopic (exact) mass is 466 g/mol. The van der Waals surface area contributed by atoms with Crippen molar-refractivity contribution in [1.29, 1.82) is 0 Å². The van der Waals surface area contributed by atoms with Gasteiger partial charge in [-0.2, -0.15) is 0 Å². The van der Waals surface area contributed by atoms with E-state index in [2.05, 4.69) is 12.2 Å². The van der Waals surface area contributed by atoms with Crippen LogP contribution in [0.2, 0.25) is 5.02 Å². The summed E-state index contributed by atoms with van der Waals surface area (Å²) in [5.41, 5.74) is 2.51. The molecule has 0 spiro atoms. The second kappa shape index (κ2) is 12.0. The van der Waals surface area contributed by atoms with Crippen molar-refractivity contribution < 1.29 is 17.9 Å². The van der Waals surface area contributed by atoms with E-state index in [9.17, 15) is 13.2 Å². The van der Waals surface area contributed by atoms with Crippen LogP contribution in [0.15, 0.2) is 42.5 Å². The zero-order chi connectivity index (χ0) is 22.9. The molecule has 0 fully saturated rings. The Kier molecular flexibility index (Phi) is 9.65. The molecular formula is C23H31ClN2O4S. The van der Waals surface area contributed by atoms with Gasteiger partial charge in [0.1, 0.15) is 12.4 Å². The number of amides is 1. The van der Waals surface area contributed by atoms with E-state index in [1.807, 2.05) is 24.3 Å². The maximum atomic E-state index is 12.2. The molecule has 8 heteroatoms. The number of rotatable bonds is 12. The van der Waals surface area contributed by atoms with Crippen LogP contribution in [0.3, 0.4) is 0 Å². The molecule has 0 bridgehead atoms. The summed E-state index contributed by atoms with van der Waals surface area (Å²) in [6, 6.07) is 13.1. The molecule has 0 aliphatic carbocycles. The molecule has 0 unspecified atom stereocenters. The third-order valence-electron chi connectivity index (χ3n) is 4.83. The van der Waals surface area contributed by atoms with Gasteiger partial charge in [0.25, 0.3) is 0 Å². The maximum Gasteiger partial charge on any atom is 0.232 e. The lowest BCUT2D eigenvalue weighted by Gasteiger charge is -2.24. The Balaban J connectivity index is 1.76. The first-order valence-electron chi connectivity index (χ1n) is 10.4. The molecule has 2 aromatic carbocycles. The number of hydrogen-bond acceptors (Lipinski definition) is 4. The number of benzene rings is 2. The van der Waals surface area contributed by atoms with Crippen molar-refractivity contribution in [3.05, 3.63) is 58.6 Å². The van der Waals surface area contributed by atoms with Crippen molar-refractivity contribution in [3.63, 3.8) is 0 Å². The van der Waals surface area contributed by atoms with Crippen LogP contribution in [0, 0.1) is 6.92 Å². The first-order valence-corrected chi connectivity index (χ1v) is 12.7. The Morgan fingerprint density at radius 3 is 2.52 bits per heavy atom. The second-order valence-electron chi connectivity index (χ2n) is 7.42. The van der Waals surface area contributed by atoms with Crippen LogP contribution in [0.5, 0.6) is 5.75 Å². The van der Waals surface area contributed by atoms with Gasteiger partial charge in [0, 0.05) is 18.0 Å². The van der Waals surface area contributed by atoms with Gasteiger partial charge in [0.05, 0.1) is 18.5 Å². The minimum absolute atomic E-state index is 0.141. The Hall–Kier alpha value is -2.25. The molecule has 0 heterocycles. The largest absolute Gasteiger partial charge is 0.492 e. The van der Waals surface area contributed by atoms with Crippen molar-refractivity contribution in [2.24, 2.45) is 0 Å². The second-order valence-corrected chi connectivity index (χ2v) is 9.73. The molecule has 0 saturated heterocycles. The summed E-state index contributed by atoms with van der Waals surface area (Å²) in [5, 5.41) is 3.31. The summed E-state index contributed by atoms with van der Waals surface area (Å²) in [6.07, 6.45) is 3.92. The highest BCUT2D eigenvalue weighted by Crippen LogP contribution is 2.28. The summed E-state index contributed by atoms with van der Waals surface area (Å²) in [7, 11) is -3.49. The first-order chi connectivity index (χ1) is 14.7. The molecule has 1 amide bonds. The number of carbonyl (C=O) groups excluding carboxylic acids is 1. The number of anilines is 1. The number of nitrogens with one attached hydrogen (secondary N) is 1. The summed E-state index contributed by atoms with van der Waals surface area (Å²) < 4.78 is 31.4. The van der Waals surface area contributed by atoms with Crippen LogP contribution in [-0.2, 0) is 21.2 Å². The zero-order valence-corrected chi connectivity index (χ0v) is 19.9. The van der Waals surface area contributed by atoms with Crippen LogP contribution in [-0.4, -0.2) is 40.3 Å². The lowest BCUT2D eigenvalue weighted by molar-refractivity contribution is -0.121. The Morgan fingerprint density at radius 2 is 1.87 bits per heavy atom. The minimum atomic E-state index is -3.49. The number of carbonyl (C=O) groups is 1. The van der Waals surface area contributed by atoms with E-state index in [0.29, 0.717) is 35.8 Å². The van der Waals surface area contributed by atoms with Gasteiger partial charge in [-0.3, -0.25) is 9.10 Å². The highest BCUT2D eigenvalue weighted by atomic mass is 35.5. The topological polar surface area (TPSA) is 75.7 Å². The lowest BCUT2D eigenvalue weighted by atomic mass is 10.1. The van der Waals surface area contributed by atoms with Gasteiger partial charge >= 0.3 is 0 Å². The molecule has 0 saturated carbocycles. The quantitative estimate of drug-likeness (QED) is 0.472. The molecule has 6 nitrogen and oxygen atoms in total. The van der Waals surface area contributed by atoms with Crippen molar-refractivity contribution in [2.45, 2.75) is 39.5 Å². The number of ether oxygens (including phenoxy) is 1. The fourth-order valence-corrected chi connectivity index (χ4v) is 4.39. The number of aryl methyl sites for hydroxylation is 1. The third kappa shape index (κ3) is 8.07. The Bertz CT molecular complexity index is 962. The summed E-state index contributed by atoms with van der Waals surface area (Å²) >= 11 is 6.13. The van der Waals surface area contributed by atoms with E-state index in [1.54, 1.807) is 25.1 Å². The van der Waals surface area contributed by atoms with Crippen molar-refractivity contribution >= 4 is 33.2 Å². The standard InChI is InChI=1S/C23H31ClN2O4S/c1-4-7-19-11-13-20(14-12-19)30-17-15-25-23(27)10-6-16-26(31(3,28)29)22-9-5-8-21(24)18(22)2/h5,8-9,11-14H,4,6-7,10,15-17H2,1-3H3,(H,25,27). The summed E-state index contributed by atoms with van der Waals surface area (Å²) in [4.78, 5) is 12.1. The van der Waals surface area contributed by atoms with Gasteiger partial charge in [-0.05, 0) is 55.2 Å². The molecule has 0 aliphatic heterocycles. The van der Waals surface area contributed by atoms with Gasteiger partial charge in [0.15, 0.2) is 0 Å². The summed E-state index contributed by atoms with van der Waals surface area (Å²) in [5.74, 6) is 0.632. The highest BCUT2D eigenvalue weighted by Gasteiger charge is 2.20. The molecule has 0 aliphatic rings. The molecule has 0 radical (unpaired) electrons. The fraction of sp³-hybridized carbons (Fsp3) is 0.435. The van der Waals surface area contributed by atoms with Crippen molar-refractivity contribution in [3.8, 4) is 5.75 Å². The highest BCUT2D eigenvalue weighted by molar-refractivity contribution is 7.92. The molecule has 0 atom stereocenters. The van der Waals surface area contributed by atoms with E-state index < -0.39 is 10.0 Å². The number of halogens is 1. The molecule has 2 rings (SSSR count). The molecular weight excluding hydrogens is 436 g/mol. The van der Waals surface area contributed by atoms with Crippen molar-refractivity contribution in [2.75, 3.05) is 30.3 Å². The predicted octanol–water partition coefficient (Wildman–Crippen LogP) is 4.34. The molecule has 31 heavy (non-hydrogen) atoms. The van der Waals surface area contributed by atoms with E-state index >= 15 is 0 Å². The molecule has 2 aromatic rings. The molecule has 170 valence electrons. The van der Waals surface area contributed by atoms with Gasteiger partial charge in [-0.25, -0.2) is 8.42 Å². The van der Waals surface area contributed by atoms with E-state index in [0.717, 1.165) is 24.8 Å². The fourth-order valence-electron chi connectivity index (χ4n) is 3.20. The van der Waals surface area contributed by atoms with Crippen LogP contribution in [0.25, 0.3) is 0 Å². The average Bonchev–Trinajstić information content (AvgIpc) is 2.72. The van der Waals surface area contributed by atoms with E-state index in [1.165, 1.54) is 9.87 Å². The molecule has 1 N–H and O–H groups in total.